The molecule has 4 rings (SSSR count). The van der Waals surface area contributed by atoms with E-state index in [9.17, 15) is 13.2 Å². The number of aromatic nitrogens is 4. The van der Waals surface area contributed by atoms with Crippen LogP contribution in [0.3, 0.4) is 0 Å². The van der Waals surface area contributed by atoms with Crippen molar-refractivity contribution in [3.8, 4) is 0 Å². The maximum Gasteiger partial charge on any atom is 0.227 e. The number of nitrogens with zero attached hydrogens (tertiary/aromatic N) is 5. The van der Waals surface area contributed by atoms with Gasteiger partial charge in [-0.05, 0) is 37.0 Å². The lowest BCUT2D eigenvalue weighted by Gasteiger charge is -2.21. The lowest BCUT2D eigenvalue weighted by atomic mass is 10.1. The van der Waals surface area contributed by atoms with Crippen LogP contribution in [0.4, 0.5) is 27.8 Å². The second-order valence-corrected chi connectivity index (χ2v) is 8.51. The van der Waals surface area contributed by atoms with Gasteiger partial charge in [-0.2, -0.15) is 9.97 Å². The summed E-state index contributed by atoms with van der Waals surface area (Å²) < 4.78 is 37.4. The van der Waals surface area contributed by atoms with E-state index >= 15 is 0 Å². The van der Waals surface area contributed by atoms with E-state index in [1.165, 1.54) is 12.1 Å². The van der Waals surface area contributed by atoms with Crippen molar-refractivity contribution < 1.29 is 13.2 Å². The van der Waals surface area contributed by atoms with Crippen molar-refractivity contribution in [3.63, 3.8) is 0 Å². The average molecular weight is 472 g/mol. The summed E-state index contributed by atoms with van der Waals surface area (Å²) in [6.45, 7) is 3.74. The fraction of sp³-hybridized carbons (Fsp3) is 0.333. The molecule has 2 unspecified atom stereocenters. The van der Waals surface area contributed by atoms with Crippen LogP contribution >= 0.6 is 0 Å². The Labute approximate surface area is 193 Å². The van der Waals surface area contributed by atoms with E-state index in [-0.39, 0.29) is 17.8 Å². The molecule has 1 aliphatic rings. The predicted molar refractivity (Wildman–Crippen MR) is 123 cm³/mol. The molecule has 3 atom stereocenters. The number of nitrogens with one attached hydrogen (secondary N) is 3. The molecule has 10 nitrogen and oxygen atoms in total. The maximum atomic E-state index is 13.3. The minimum absolute atomic E-state index is 0.159. The van der Waals surface area contributed by atoms with Gasteiger partial charge in [-0.25, -0.2) is 14.1 Å². The number of benzene rings is 1. The van der Waals surface area contributed by atoms with E-state index in [1.54, 1.807) is 30.7 Å². The molecule has 0 bridgehead atoms. The zero-order valence-corrected chi connectivity index (χ0v) is 18.8. The molecule has 1 fully saturated rings. The molecule has 3 N–H and O–H groups in total. The standard InChI is InChI=1S/C21H25FN8O2S/c1-14(16-2-4-17(22)5-3-16)26-21-28-18(27-19-12-23-7-8-24-19)10-20(29-21)30-9-6-15(13-30)11-25-33(31)32/h2-5,7-8,10,12,14-15,25H,6,9,11,13H2,1H3,(H,31,32)(H2,24,26,27,28,29)/p-1/t14-,15?/m0/s1. The predicted octanol–water partition coefficient (Wildman–Crippen LogP) is 2.53. The van der Waals surface area contributed by atoms with Crippen molar-refractivity contribution in [2.24, 2.45) is 5.92 Å². The summed E-state index contributed by atoms with van der Waals surface area (Å²) in [5.41, 5.74) is 0.895. The molecule has 12 heteroatoms. The van der Waals surface area contributed by atoms with Gasteiger partial charge in [0.15, 0.2) is 0 Å². The molecule has 3 heterocycles. The Morgan fingerprint density at radius 1 is 1.24 bits per heavy atom. The molecular weight excluding hydrogens is 447 g/mol. The van der Waals surface area contributed by atoms with Gasteiger partial charge in [0.1, 0.15) is 23.3 Å². The molecule has 3 aromatic rings. The Balaban J connectivity index is 1.55. The molecule has 0 aliphatic carbocycles. The van der Waals surface area contributed by atoms with E-state index in [0.717, 1.165) is 18.5 Å². The average Bonchev–Trinajstić information content (AvgIpc) is 3.28. The van der Waals surface area contributed by atoms with Gasteiger partial charge in [0.05, 0.1) is 12.2 Å². The maximum absolute atomic E-state index is 13.3. The number of hydrogen-bond acceptors (Lipinski definition) is 9. The lowest BCUT2D eigenvalue weighted by molar-refractivity contribution is 0.503. The summed E-state index contributed by atoms with van der Waals surface area (Å²) in [4.78, 5) is 19.6. The third-order valence-corrected chi connectivity index (χ3v) is 5.75. The van der Waals surface area contributed by atoms with Crippen LogP contribution in [0.5, 0.6) is 0 Å². The summed E-state index contributed by atoms with van der Waals surface area (Å²) >= 11 is -2.27. The molecule has 33 heavy (non-hydrogen) atoms. The van der Waals surface area contributed by atoms with Crippen LogP contribution in [0.15, 0.2) is 48.9 Å². The minimum Gasteiger partial charge on any atom is -0.760 e. The van der Waals surface area contributed by atoms with E-state index in [2.05, 4.69) is 40.2 Å². The van der Waals surface area contributed by atoms with Gasteiger partial charge in [-0.3, -0.25) is 9.19 Å². The number of halogens is 1. The summed E-state index contributed by atoms with van der Waals surface area (Å²) in [6.07, 6.45) is 5.60. The molecule has 0 saturated carbocycles. The third kappa shape index (κ3) is 6.40. The van der Waals surface area contributed by atoms with Crippen molar-refractivity contribution in [2.45, 2.75) is 19.4 Å². The first-order valence-electron chi connectivity index (χ1n) is 10.5. The molecule has 1 aromatic carbocycles. The first-order valence-corrected chi connectivity index (χ1v) is 11.6. The van der Waals surface area contributed by atoms with Crippen LogP contribution < -0.4 is 20.3 Å². The summed E-state index contributed by atoms with van der Waals surface area (Å²) in [6, 6.07) is 7.93. The summed E-state index contributed by atoms with van der Waals surface area (Å²) in [5.74, 6) is 2.08. The van der Waals surface area contributed by atoms with Crippen molar-refractivity contribution >= 4 is 34.7 Å². The Hall–Kier alpha value is -3.22. The van der Waals surface area contributed by atoms with E-state index in [0.29, 0.717) is 36.5 Å². The zero-order chi connectivity index (χ0) is 23.2. The highest BCUT2D eigenvalue weighted by molar-refractivity contribution is 7.77. The number of anilines is 4. The van der Waals surface area contributed by atoms with Crippen molar-refractivity contribution in [2.75, 3.05) is 35.2 Å². The summed E-state index contributed by atoms with van der Waals surface area (Å²) in [7, 11) is 0. The normalized spacial score (nSPS) is 17.5. The van der Waals surface area contributed by atoms with Crippen LogP contribution in [0, 0.1) is 11.7 Å². The van der Waals surface area contributed by atoms with Gasteiger partial charge in [-0.1, -0.05) is 12.1 Å². The van der Waals surface area contributed by atoms with Crippen LogP contribution in [0.25, 0.3) is 0 Å². The quantitative estimate of drug-likeness (QED) is 0.403. The van der Waals surface area contributed by atoms with Crippen LogP contribution in [0.1, 0.15) is 24.9 Å². The Morgan fingerprint density at radius 2 is 2.06 bits per heavy atom. The Kier molecular flexibility index (Phi) is 7.37. The van der Waals surface area contributed by atoms with Gasteiger partial charge < -0.3 is 20.1 Å². The number of rotatable bonds is 9. The SMILES string of the molecule is C[C@H](Nc1nc(Nc2cnccn2)cc(N2CCC(CNS(=O)[O-])C2)n1)c1ccc(F)cc1. The minimum atomic E-state index is -2.27. The molecule has 0 amide bonds. The van der Waals surface area contributed by atoms with Gasteiger partial charge >= 0.3 is 0 Å². The second-order valence-electron chi connectivity index (χ2n) is 7.75. The molecule has 174 valence electrons. The van der Waals surface area contributed by atoms with Crippen LogP contribution in [0.2, 0.25) is 0 Å². The summed E-state index contributed by atoms with van der Waals surface area (Å²) in [5, 5.41) is 6.42. The molecule has 1 saturated heterocycles. The number of hydrogen-bond donors (Lipinski definition) is 3. The van der Waals surface area contributed by atoms with Crippen molar-refractivity contribution in [3.05, 3.63) is 60.3 Å². The van der Waals surface area contributed by atoms with E-state index in [4.69, 9.17) is 0 Å². The largest absolute Gasteiger partial charge is 0.760 e. The molecular formula is C21H24FN8O2S-. The molecule has 0 radical (unpaired) electrons. The van der Waals surface area contributed by atoms with Crippen molar-refractivity contribution in [1.82, 2.24) is 24.7 Å². The van der Waals surface area contributed by atoms with E-state index in [1.807, 2.05) is 13.0 Å². The van der Waals surface area contributed by atoms with Gasteiger partial charge in [0.25, 0.3) is 0 Å². The first kappa shape index (κ1) is 23.0. The fourth-order valence-electron chi connectivity index (χ4n) is 3.64. The first-order chi connectivity index (χ1) is 16.0. The van der Waals surface area contributed by atoms with Crippen molar-refractivity contribution in [1.29, 1.82) is 0 Å². The zero-order valence-electron chi connectivity index (χ0n) is 17.9. The van der Waals surface area contributed by atoms with Gasteiger partial charge in [0.2, 0.25) is 5.95 Å². The third-order valence-electron chi connectivity index (χ3n) is 5.35. The van der Waals surface area contributed by atoms with Crippen LogP contribution in [-0.2, 0) is 11.3 Å². The lowest BCUT2D eigenvalue weighted by Crippen LogP contribution is -2.28. The smallest absolute Gasteiger partial charge is 0.227 e. The highest BCUT2D eigenvalue weighted by Gasteiger charge is 2.24. The molecule has 2 aromatic heterocycles. The Bertz CT molecular complexity index is 1090. The highest BCUT2D eigenvalue weighted by Crippen LogP contribution is 2.27. The van der Waals surface area contributed by atoms with Gasteiger partial charge in [0, 0.05) is 49.4 Å². The fourth-order valence-corrected chi connectivity index (χ4v) is 4.01. The monoisotopic (exact) mass is 471 g/mol. The molecule has 0 spiro atoms. The van der Waals surface area contributed by atoms with Gasteiger partial charge in [-0.15, -0.1) is 0 Å². The second kappa shape index (κ2) is 10.6. The Morgan fingerprint density at radius 3 is 2.79 bits per heavy atom. The topological polar surface area (TPSA) is 131 Å². The van der Waals surface area contributed by atoms with Crippen LogP contribution in [-0.4, -0.2) is 48.3 Å². The highest BCUT2D eigenvalue weighted by atomic mass is 32.2. The molecule has 1 aliphatic heterocycles. The van der Waals surface area contributed by atoms with E-state index < -0.39 is 11.3 Å².